The van der Waals surface area contributed by atoms with E-state index < -0.39 is 28.5 Å². The lowest BCUT2D eigenvalue weighted by Crippen LogP contribution is -2.53. The molecule has 3 aromatic rings. The number of unbranched alkanes of at least 4 members (excludes halogenated alkanes) is 1. The molecule has 220 valence electrons. The smallest absolute Gasteiger partial charge is 0.244 e. The van der Waals surface area contributed by atoms with Crippen LogP contribution in [0.1, 0.15) is 30.9 Å². The highest BCUT2D eigenvalue weighted by Gasteiger charge is 2.33. The first kappa shape index (κ1) is 33.0. The average molecular weight is 659 g/mol. The summed E-state index contributed by atoms with van der Waals surface area (Å²) < 4.78 is 26.7. The Hall–Kier alpha value is -2.49. The standard InChI is InChI=1S/C29H31Cl4N3O4S/c1-3-4-14-34-29(38)27(16-20-8-6-5-7-9-20)35(18-21-10-12-23(31)25(33)15-21)28(37)19-36(41(2,39)40)26-17-22(30)11-13-24(26)32/h5-13,15,17,27H,3-4,14,16,18-19H2,1-2H3,(H,34,38)/t27-/m1/s1. The molecular weight excluding hydrogens is 628 g/mol. The van der Waals surface area contributed by atoms with Gasteiger partial charge >= 0.3 is 0 Å². The monoisotopic (exact) mass is 657 g/mol. The third-order valence-corrected chi connectivity index (χ3v) is 8.71. The maximum Gasteiger partial charge on any atom is 0.244 e. The predicted molar refractivity (Wildman–Crippen MR) is 168 cm³/mol. The molecule has 0 saturated carbocycles. The molecule has 2 amide bonds. The van der Waals surface area contributed by atoms with Crippen LogP contribution in [0.15, 0.2) is 66.7 Å². The van der Waals surface area contributed by atoms with Gasteiger partial charge in [-0.15, -0.1) is 0 Å². The van der Waals surface area contributed by atoms with Gasteiger partial charge in [0.1, 0.15) is 12.6 Å². The summed E-state index contributed by atoms with van der Waals surface area (Å²) in [5.41, 5.74) is 1.49. The summed E-state index contributed by atoms with van der Waals surface area (Å²) in [7, 11) is -3.99. The molecular formula is C29H31Cl4N3O4S. The fourth-order valence-corrected chi connectivity index (χ4v) is 5.78. The van der Waals surface area contributed by atoms with Crippen LogP contribution in [0.5, 0.6) is 0 Å². The van der Waals surface area contributed by atoms with Gasteiger partial charge in [0.2, 0.25) is 21.8 Å². The van der Waals surface area contributed by atoms with E-state index >= 15 is 0 Å². The van der Waals surface area contributed by atoms with E-state index in [-0.39, 0.29) is 39.6 Å². The number of hydrogen-bond acceptors (Lipinski definition) is 4. The van der Waals surface area contributed by atoms with Gasteiger partial charge in [-0.25, -0.2) is 8.42 Å². The Morgan fingerprint density at radius 1 is 0.878 bits per heavy atom. The fraction of sp³-hybridized carbons (Fsp3) is 0.310. The first-order valence-electron chi connectivity index (χ1n) is 12.9. The van der Waals surface area contributed by atoms with Crippen LogP contribution >= 0.6 is 46.4 Å². The van der Waals surface area contributed by atoms with Crippen LogP contribution in [0, 0.1) is 0 Å². The third-order valence-electron chi connectivity index (χ3n) is 6.29. The molecule has 0 saturated heterocycles. The lowest BCUT2D eigenvalue weighted by molar-refractivity contribution is -0.140. The molecule has 0 spiro atoms. The van der Waals surface area contributed by atoms with E-state index in [1.165, 1.54) is 23.1 Å². The maximum atomic E-state index is 14.1. The summed E-state index contributed by atoms with van der Waals surface area (Å²) in [6, 6.07) is 17.6. The number of anilines is 1. The van der Waals surface area contributed by atoms with E-state index in [1.807, 2.05) is 37.3 Å². The molecule has 0 unspecified atom stereocenters. The lowest BCUT2D eigenvalue weighted by Gasteiger charge is -2.33. The van der Waals surface area contributed by atoms with Gasteiger partial charge in [0, 0.05) is 24.5 Å². The quantitative estimate of drug-likeness (QED) is 0.209. The molecule has 3 aromatic carbocycles. The first-order valence-corrected chi connectivity index (χ1v) is 16.2. The number of hydrogen-bond donors (Lipinski definition) is 1. The minimum atomic E-state index is -3.99. The Morgan fingerprint density at radius 2 is 1.56 bits per heavy atom. The van der Waals surface area contributed by atoms with Crippen molar-refractivity contribution in [3.05, 3.63) is 97.9 Å². The molecule has 0 radical (unpaired) electrons. The van der Waals surface area contributed by atoms with Crippen LogP contribution in [-0.4, -0.2) is 50.5 Å². The van der Waals surface area contributed by atoms with Gasteiger partial charge in [-0.1, -0.05) is 96.1 Å². The lowest BCUT2D eigenvalue weighted by atomic mass is 10.0. The molecule has 3 rings (SSSR count). The largest absolute Gasteiger partial charge is 0.354 e. The van der Waals surface area contributed by atoms with Gasteiger partial charge in [0.05, 0.1) is 27.0 Å². The Morgan fingerprint density at radius 3 is 2.20 bits per heavy atom. The van der Waals surface area contributed by atoms with Crippen LogP contribution in [-0.2, 0) is 32.6 Å². The van der Waals surface area contributed by atoms with Crippen molar-refractivity contribution in [3.8, 4) is 0 Å². The van der Waals surface area contributed by atoms with Gasteiger partial charge < -0.3 is 10.2 Å². The predicted octanol–water partition coefficient (Wildman–Crippen LogP) is 6.62. The van der Waals surface area contributed by atoms with Crippen molar-refractivity contribution in [2.75, 3.05) is 23.7 Å². The van der Waals surface area contributed by atoms with Crippen LogP contribution in [0.3, 0.4) is 0 Å². The Kier molecular flexibility index (Phi) is 12.2. The summed E-state index contributed by atoms with van der Waals surface area (Å²) >= 11 is 24.8. The molecule has 41 heavy (non-hydrogen) atoms. The van der Waals surface area contributed by atoms with Crippen LogP contribution in [0.4, 0.5) is 5.69 Å². The van der Waals surface area contributed by atoms with Crippen LogP contribution < -0.4 is 9.62 Å². The van der Waals surface area contributed by atoms with E-state index in [0.29, 0.717) is 17.1 Å². The number of rotatable bonds is 13. The van der Waals surface area contributed by atoms with Crippen molar-refractivity contribution >= 4 is 73.9 Å². The molecule has 0 heterocycles. The minimum Gasteiger partial charge on any atom is -0.354 e. The number of nitrogens with zero attached hydrogens (tertiary/aromatic N) is 2. The molecule has 0 aromatic heterocycles. The number of halogens is 4. The van der Waals surface area contributed by atoms with Gasteiger partial charge in [0.25, 0.3) is 0 Å². The van der Waals surface area contributed by atoms with Crippen LogP contribution in [0.25, 0.3) is 0 Å². The van der Waals surface area contributed by atoms with Crippen molar-refractivity contribution in [1.29, 1.82) is 0 Å². The zero-order valence-electron chi connectivity index (χ0n) is 22.6. The molecule has 0 aliphatic rings. The second-order valence-corrected chi connectivity index (χ2v) is 13.1. The van der Waals surface area contributed by atoms with E-state index in [4.69, 9.17) is 46.4 Å². The zero-order valence-corrected chi connectivity index (χ0v) is 26.5. The van der Waals surface area contributed by atoms with Gasteiger partial charge in [0.15, 0.2) is 0 Å². The highest BCUT2D eigenvalue weighted by molar-refractivity contribution is 7.92. The minimum absolute atomic E-state index is 0.0324. The average Bonchev–Trinajstić information content (AvgIpc) is 2.92. The zero-order chi connectivity index (χ0) is 30.2. The van der Waals surface area contributed by atoms with Crippen molar-refractivity contribution in [2.24, 2.45) is 0 Å². The molecule has 1 N–H and O–H groups in total. The second kappa shape index (κ2) is 15.1. The van der Waals surface area contributed by atoms with Gasteiger partial charge in [-0.05, 0) is 47.9 Å². The summed E-state index contributed by atoms with van der Waals surface area (Å²) in [5.74, 6) is -0.980. The van der Waals surface area contributed by atoms with Crippen molar-refractivity contribution < 1.29 is 18.0 Å². The SMILES string of the molecule is CCCCNC(=O)[C@@H](Cc1ccccc1)N(Cc1ccc(Cl)c(Cl)c1)C(=O)CN(c1cc(Cl)ccc1Cl)S(C)(=O)=O. The fourth-order valence-electron chi connectivity index (χ4n) is 4.17. The summed E-state index contributed by atoms with van der Waals surface area (Å²) in [4.78, 5) is 29.1. The van der Waals surface area contributed by atoms with E-state index in [2.05, 4.69) is 5.32 Å². The molecule has 0 fully saturated rings. The Bertz CT molecular complexity index is 1470. The van der Waals surface area contributed by atoms with E-state index in [9.17, 15) is 18.0 Å². The third kappa shape index (κ3) is 9.51. The Balaban J connectivity index is 2.08. The highest BCUT2D eigenvalue weighted by Crippen LogP contribution is 2.31. The topological polar surface area (TPSA) is 86.8 Å². The maximum absolute atomic E-state index is 14.1. The van der Waals surface area contributed by atoms with E-state index in [1.54, 1.807) is 18.2 Å². The van der Waals surface area contributed by atoms with Gasteiger partial charge in [-0.3, -0.25) is 13.9 Å². The van der Waals surface area contributed by atoms with Crippen LogP contribution in [0.2, 0.25) is 20.1 Å². The Labute approximate surface area is 261 Å². The molecule has 0 aliphatic heterocycles. The number of amides is 2. The summed E-state index contributed by atoms with van der Waals surface area (Å²) in [6.45, 7) is 1.79. The molecule has 7 nitrogen and oxygen atoms in total. The second-order valence-electron chi connectivity index (χ2n) is 9.49. The first-order chi connectivity index (χ1) is 19.4. The molecule has 1 atom stereocenters. The van der Waals surface area contributed by atoms with Crippen molar-refractivity contribution in [3.63, 3.8) is 0 Å². The number of carbonyl (C=O) groups is 2. The summed E-state index contributed by atoms with van der Waals surface area (Å²) in [5, 5.41) is 3.89. The summed E-state index contributed by atoms with van der Waals surface area (Å²) in [6.07, 6.45) is 2.81. The number of carbonyl (C=O) groups excluding carboxylic acids is 2. The molecule has 0 bridgehead atoms. The number of benzene rings is 3. The number of sulfonamides is 1. The molecule has 12 heteroatoms. The molecule has 0 aliphatic carbocycles. The highest BCUT2D eigenvalue weighted by atomic mass is 35.5. The normalized spacial score (nSPS) is 12.0. The van der Waals surface area contributed by atoms with Crippen molar-refractivity contribution in [2.45, 2.75) is 38.8 Å². The number of nitrogens with one attached hydrogen (secondary N) is 1. The van der Waals surface area contributed by atoms with Crippen molar-refractivity contribution in [1.82, 2.24) is 10.2 Å². The van der Waals surface area contributed by atoms with E-state index in [0.717, 1.165) is 29.0 Å². The van der Waals surface area contributed by atoms with Gasteiger partial charge in [-0.2, -0.15) is 0 Å².